The number of benzene rings is 1. The summed E-state index contributed by atoms with van der Waals surface area (Å²) in [5.74, 6) is 1.59. The minimum absolute atomic E-state index is 0.334. The number of piperidine rings is 1. The lowest BCUT2D eigenvalue weighted by Crippen LogP contribution is -2.46. The molecule has 0 aromatic heterocycles. The molecule has 0 spiro atoms. The Morgan fingerprint density at radius 1 is 1.32 bits per heavy atom. The molecule has 2 rings (SSSR count). The predicted molar refractivity (Wildman–Crippen MR) is 79.8 cm³/mol. The van der Waals surface area contributed by atoms with Gasteiger partial charge in [0, 0.05) is 30.7 Å². The third-order valence-corrected chi connectivity index (χ3v) is 3.72. The lowest BCUT2D eigenvalue weighted by atomic mass is 9.96. The molecule has 0 saturated carbocycles. The zero-order valence-electron chi connectivity index (χ0n) is 11.5. The number of ether oxygens (including phenoxy) is 1. The zero-order valence-corrected chi connectivity index (χ0v) is 12.3. The van der Waals surface area contributed by atoms with Crippen molar-refractivity contribution in [3.63, 3.8) is 0 Å². The summed E-state index contributed by atoms with van der Waals surface area (Å²) >= 11 is 5.83. The molecule has 1 aromatic rings. The van der Waals surface area contributed by atoms with Gasteiger partial charge in [-0.25, -0.2) is 0 Å². The van der Waals surface area contributed by atoms with Gasteiger partial charge in [-0.2, -0.15) is 0 Å². The zero-order chi connectivity index (χ0) is 13.7. The standard InChI is InChI=1S/C15H23ClN2O/c1-12-9-14(17)11-18(10-12)7-2-8-19-15-5-3-13(16)4-6-15/h3-6,12,14H,2,7-11,17H2,1H3. The number of nitrogens with two attached hydrogens (primary N) is 1. The van der Waals surface area contributed by atoms with E-state index in [0.29, 0.717) is 12.0 Å². The van der Waals surface area contributed by atoms with Crippen LogP contribution in [-0.4, -0.2) is 37.2 Å². The van der Waals surface area contributed by atoms with Crippen LogP contribution >= 0.6 is 11.6 Å². The highest BCUT2D eigenvalue weighted by Crippen LogP contribution is 2.17. The van der Waals surface area contributed by atoms with E-state index in [2.05, 4.69) is 11.8 Å². The van der Waals surface area contributed by atoms with E-state index in [4.69, 9.17) is 22.1 Å². The summed E-state index contributed by atoms with van der Waals surface area (Å²) in [5, 5.41) is 0.739. The number of hydrogen-bond acceptors (Lipinski definition) is 3. The summed E-state index contributed by atoms with van der Waals surface area (Å²) in [6, 6.07) is 7.84. The Kier molecular flexibility index (Phi) is 5.49. The molecule has 1 saturated heterocycles. The van der Waals surface area contributed by atoms with Gasteiger partial charge in [0.2, 0.25) is 0 Å². The maximum absolute atomic E-state index is 6.04. The fourth-order valence-electron chi connectivity index (χ4n) is 2.70. The second-order valence-corrected chi connectivity index (χ2v) is 5.95. The third-order valence-electron chi connectivity index (χ3n) is 3.47. The van der Waals surface area contributed by atoms with Crippen LogP contribution in [0.4, 0.5) is 0 Å². The maximum Gasteiger partial charge on any atom is 0.119 e. The van der Waals surface area contributed by atoms with Crippen molar-refractivity contribution in [3.8, 4) is 5.75 Å². The van der Waals surface area contributed by atoms with Gasteiger partial charge < -0.3 is 15.4 Å². The molecular formula is C15H23ClN2O. The first-order valence-corrected chi connectivity index (χ1v) is 7.37. The van der Waals surface area contributed by atoms with E-state index in [0.717, 1.165) is 49.9 Å². The van der Waals surface area contributed by atoms with Crippen LogP contribution in [0.5, 0.6) is 5.75 Å². The Balaban J connectivity index is 1.65. The first kappa shape index (κ1) is 14.6. The number of likely N-dealkylation sites (tertiary alicyclic amines) is 1. The Labute approximate surface area is 120 Å². The van der Waals surface area contributed by atoms with Crippen molar-refractivity contribution >= 4 is 11.6 Å². The molecule has 1 fully saturated rings. The maximum atomic E-state index is 6.04. The molecule has 0 amide bonds. The lowest BCUT2D eigenvalue weighted by molar-refractivity contribution is 0.154. The van der Waals surface area contributed by atoms with Crippen LogP contribution < -0.4 is 10.5 Å². The minimum atomic E-state index is 0.334. The van der Waals surface area contributed by atoms with Gasteiger partial charge >= 0.3 is 0 Å². The monoisotopic (exact) mass is 282 g/mol. The van der Waals surface area contributed by atoms with E-state index < -0.39 is 0 Å². The van der Waals surface area contributed by atoms with Gasteiger partial charge in [0.15, 0.2) is 0 Å². The molecule has 0 aliphatic carbocycles. The molecule has 2 unspecified atom stereocenters. The highest BCUT2D eigenvalue weighted by Gasteiger charge is 2.21. The molecule has 0 bridgehead atoms. The summed E-state index contributed by atoms with van der Waals surface area (Å²) in [6.45, 7) is 6.25. The van der Waals surface area contributed by atoms with E-state index in [1.807, 2.05) is 24.3 Å². The van der Waals surface area contributed by atoms with E-state index >= 15 is 0 Å². The van der Waals surface area contributed by atoms with Crippen LogP contribution in [0.1, 0.15) is 19.8 Å². The van der Waals surface area contributed by atoms with Gasteiger partial charge in [0.25, 0.3) is 0 Å². The van der Waals surface area contributed by atoms with Crippen LogP contribution in [0.15, 0.2) is 24.3 Å². The van der Waals surface area contributed by atoms with Gasteiger partial charge in [-0.05, 0) is 43.0 Å². The second kappa shape index (κ2) is 7.13. The highest BCUT2D eigenvalue weighted by molar-refractivity contribution is 6.30. The predicted octanol–water partition coefficient (Wildman–Crippen LogP) is 2.78. The number of rotatable bonds is 5. The van der Waals surface area contributed by atoms with Crippen molar-refractivity contribution in [2.75, 3.05) is 26.2 Å². The van der Waals surface area contributed by atoms with E-state index in [-0.39, 0.29) is 0 Å². The molecule has 1 aliphatic rings. The first-order chi connectivity index (χ1) is 9.13. The number of halogens is 1. The van der Waals surface area contributed by atoms with Crippen molar-refractivity contribution in [2.24, 2.45) is 11.7 Å². The molecule has 1 aromatic carbocycles. The Bertz CT molecular complexity index is 372. The topological polar surface area (TPSA) is 38.5 Å². The van der Waals surface area contributed by atoms with Gasteiger partial charge in [-0.1, -0.05) is 18.5 Å². The summed E-state index contributed by atoms with van der Waals surface area (Å²) in [4.78, 5) is 2.45. The van der Waals surface area contributed by atoms with Crippen LogP contribution in [-0.2, 0) is 0 Å². The number of nitrogens with zero attached hydrogens (tertiary/aromatic N) is 1. The molecule has 106 valence electrons. The first-order valence-electron chi connectivity index (χ1n) is 7.00. The summed E-state index contributed by atoms with van der Waals surface area (Å²) in [6.07, 6.45) is 2.18. The van der Waals surface area contributed by atoms with Crippen molar-refractivity contribution in [1.29, 1.82) is 0 Å². The molecule has 2 N–H and O–H groups in total. The normalized spacial score (nSPS) is 24.4. The molecule has 4 heteroatoms. The van der Waals surface area contributed by atoms with E-state index in [1.54, 1.807) is 0 Å². The number of hydrogen-bond donors (Lipinski definition) is 1. The van der Waals surface area contributed by atoms with E-state index in [9.17, 15) is 0 Å². The summed E-state index contributed by atoms with van der Waals surface area (Å²) in [7, 11) is 0. The van der Waals surface area contributed by atoms with Gasteiger partial charge in [-0.3, -0.25) is 0 Å². The van der Waals surface area contributed by atoms with Crippen molar-refractivity contribution in [1.82, 2.24) is 4.90 Å². The summed E-state index contributed by atoms with van der Waals surface area (Å²) < 4.78 is 5.69. The summed E-state index contributed by atoms with van der Waals surface area (Å²) in [5.41, 5.74) is 6.04. The van der Waals surface area contributed by atoms with Crippen molar-refractivity contribution in [3.05, 3.63) is 29.3 Å². The lowest BCUT2D eigenvalue weighted by Gasteiger charge is -2.34. The van der Waals surface area contributed by atoms with Gasteiger partial charge in [0.1, 0.15) is 5.75 Å². The molecule has 2 atom stereocenters. The average Bonchev–Trinajstić information content (AvgIpc) is 2.36. The van der Waals surface area contributed by atoms with Gasteiger partial charge in [0.05, 0.1) is 6.61 Å². The molecule has 1 aliphatic heterocycles. The minimum Gasteiger partial charge on any atom is -0.494 e. The Hall–Kier alpha value is -0.770. The van der Waals surface area contributed by atoms with Crippen molar-refractivity contribution < 1.29 is 4.74 Å². The molecule has 1 heterocycles. The van der Waals surface area contributed by atoms with Gasteiger partial charge in [-0.15, -0.1) is 0 Å². The van der Waals surface area contributed by atoms with Crippen LogP contribution in [0.3, 0.4) is 0 Å². The average molecular weight is 283 g/mol. The molecule has 0 radical (unpaired) electrons. The molecule has 19 heavy (non-hydrogen) atoms. The SMILES string of the molecule is CC1CC(N)CN(CCCOc2ccc(Cl)cc2)C1. The van der Waals surface area contributed by atoms with Crippen molar-refractivity contribution in [2.45, 2.75) is 25.8 Å². The highest BCUT2D eigenvalue weighted by atomic mass is 35.5. The Morgan fingerprint density at radius 2 is 2.05 bits per heavy atom. The van der Waals surface area contributed by atoms with Crippen LogP contribution in [0.2, 0.25) is 5.02 Å². The third kappa shape index (κ3) is 5.01. The fourth-order valence-corrected chi connectivity index (χ4v) is 2.83. The van der Waals surface area contributed by atoms with Crippen LogP contribution in [0.25, 0.3) is 0 Å². The largest absolute Gasteiger partial charge is 0.494 e. The Morgan fingerprint density at radius 3 is 2.74 bits per heavy atom. The van der Waals surface area contributed by atoms with Crippen LogP contribution in [0, 0.1) is 5.92 Å². The quantitative estimate of drug-likeness (QED) is 0.844. The fraction of sp³-hybridized carbons (Fsp3) is 0.600. The molecule has 3 nitrogen and oxygen atoms in total. The molecular weight excluding hydrogens is 260 g/mol. The van der Waals surface area contributed by atoms with E-state index in [1.165, 1.54) is 0 Å². The second-order valence-electron chi connectivity index (χ2n) is 5.52. The smallest absolute Gasteiger partial charge is 0.119 e.